The zero-order chi connectivity index (χ0) is 30.3. The van der Waals surface area contributed by atoms with Crippen molar-refractivity contribution in [3.05, 3.63) is 52.4 Å². The molecule has 1 atom stereocenters. The van der Waals surface area contributed by atoms with Crippen LogP contribution in [-0.4, -0.2) is 56.6 Å². The monoisotopic (exact) mass is 589 g/mol. The number of carbonyl (C=O) groups excluding carboxylic acids is 3. The van der Waals surface area contributed by atoms with Crippen LogP contribution in [-0.2, 0) is 35.2 Å². The molecule has 0 spiro atoms. The minimum atomic E-state index is -4.84. The number of benzene rings is 1. The van der Waals surface area contributed by atoms with E-state index in [4.69, 9.17) is 4.74 Å². The Kier molecular flexibility index (Phi) is 8.28. The van der Waals surface area contributed by atoms with Crippen molar-refractivity contribution in [3.63, 3.8) is 0 Å². The van der Waals surface area contributed by atoms with Crippen molar-refractivity contribution < 1.29 is 45.5 Å². The van der Waals surface area contributed by atoms with Crippen LogP contribution in [0.1, 0.15) is 67.6 Å². The van der Waals surface area contributed by atoms with Gasteiger partial charge in [-0.25, -0.2) is 22.9 Å². The molecular weight excluding hydrogens is 560 g/mol. The van der Waals surface area contributed by atoms with Gasteiger partial charge in [-0.2, -0.15) is 13.2 Å². The van der Waals surface area contributed by atoms with Crippen LogP contribution in [0.2, 0.25) is 0 Å². The Morgan fingerprint density at radius 3 is 2.32 bits per heavy atom. The molecule has 1 aromatic carbocycles. The number of ether oxygens (including phenoxy) is 1. The normalized spacial score (nSPS) is 16.2. The van der Waals surface area contributed by atoms with Gasteiger partial charge in [-0.1, -0.05) is 0 Å². The van der Waals surface area contributed by atoms with E-state index in [0.29, 0.717) is 25.0 Å². The Balaban J connectivity index is 1.56. The minimum absolute atomic E-state index is 0.0987. The van der Waals surface area contributed by atoms with E-state index in [9.17, 15) is 40.7 Å². The van der Waals surface area contributed by atoms with Crippen LogP contribution in [0.3, 0.4) is 0 Å². The number of amides is 3. The van der Waals surface area contributed by atoms with Gasteiger partial charge in [-0.3, -0.25) is 9.59 Å². The van der Waals surface area contributed by atoms with E-state index in [-0.39, 0.29) is 36.9 Å². The van der Waals surface area contributed by atoms with Crippen molar-refractivity contribution in [2.24, 2.45) is 0 Å². The van der Waals surface area contributed by atoms with Gasteiger partial charge in [0.2, 0.25) is 11.7 Å². The quantitative estimate of drug-likeness (QED) is 0.374. The highest BCUT2D eigenvalue weighted by molar-refractivity contribution is 5.94. The zero-order valence-corrected chi connectivity index (χ0v) is 22.5. The molecule has 1 unspecified atom stereocenters. The summed E-state index contributed by atoms with van der Waals surface area (Å²) in [6, 6.07) is -0.351. The smallest absolute Gasteiger partial charge is 0.444 e. The lowest BCUT2D eigenvalue weighted by Crippen LogP contribution is -2.46. The predicted molar refractivity (Wildman–Crippen MR) is 131 cm³/mol. The molecule has 9 nitrogen and oxygen atoms in total. The first-order valence-electron chi connectivity index (χ1n) is 12.9. The molecule has 4 rings (SSSR count). The Morgan fingerprint density at radius 1 is 1.05 bits per heavy atom. The van der Waals surface area contributed by atoms with E-state index in [1.807, 2.05) is 0 Å². The van der Waals surface area contributed by atoms with Gasteiger partial charge in [-0.15, -0.1) is 0 Å². The van der Waals surface area contributed by atoms with E-state index in [0.717, 1.165) is 4.57 Å². The SMILES string of the molecule is CC(C)(C)OC(=O)NC(CC(=O)N1CCn2c(C(F)(F)F)nc(C(=O)NC3CC3)c2C1)Cc1cc(F)c(F)cc1F. The molecule has 1 saturated carbocycles. The van der Waals surface area contributed by atoms with Crippen LogP contribution < -0.4 is 10.6 Å². The third kappa shape index (κ3) is 7.50. The number of fused-ring (bicyclic) bond motifs is 1. The summed E-state index contributed by atoms with van der Waals surface area (Å²) >= 11 is 0. The topological polar surface area (TPSA) is 106 Å². The average molecular weight is 590 g/mol. The summed E-state index contributed by atoms with van der Waals surface area (Å²) in [6.45, 7) is 3.91. The van der Waals surface area contributed by atoms with Crippen LogP contribution in [0.5, 0.6) is 0 Å². The highest BCUT2D eigenvalue weighted by Crippen LogP contribution is 2.33. The number of alkyl halides is 3. The van der Waals surface area contributed by atoms with Crippen LogP contribution in [0.25, 0.3) is 0 Å². The first kappa shape index (κ1) is 30.2. The van der Waals surface area contributed by atoms with Crippen molar-refractivity contribution in [3.8, 4) is 0 Å². The van der Waals surface area contributed by atoms with Gasteiger partial charge in [0.1, 0.15) is 11.4 Å². The number of nitrogens with zero attached hydrogens (tertiary/aromatic N) is 3. The molecule has 0 bridgehead atoms. The first-order valence-corrected chi connectivity index (χ1v) is 12.9. The molecule has 0 radical (unpaired) electrons. The maximum absolute atomic E-state index is 14.4. The number of hydrogen-bond donors (Lipinski definition) is 2. The molecular formula is C26H29F6N5O4. The van der Waals surface area contributed by atoms with Gasteiger partial charge in [0.05, 0.1) is 12.2 Å². The summed E-state index contributed by atoms with van der Waals surface area (Å²) in [4.78, 5) is 43.2. The molecule has 3 amide bonds. The second-order valence-electron chi connectivity index (χ2n) is 11.1. The Morgan fingerprint density at radius 2 is 1.71 bits per heavy atom. The standard InChI is InChI=1S/C26H29F6N5O4/c1-25(2,3)41-24(40)34-15(8-13-9-17(28)18(29)11-16(13)27)10-20(38)36-6-7-37-19(12-36)21(22(39)33-14-4-5-14)35-23(37)26(30,31)32/h9,11,14-15H,4-8,10,12H2,1-3H3,(H,33,39)(H,34,40). The lowest BCUT2D eigenvalue weighted by atomic mass is 10.0. The molecule has 224 valence electrons. The van der Waals surface area contributed by atoms with Gasteiger partial charge in [0, 0.05) is 37.7 Å². The van der Waals surface area contributed by atoms with E-state index in [1.165, 1.54) is 4.90 Å². The van der Waals surface area contributed by atoms with Crippen LogP contribution in [0, 0.1) is 17.5 Å². The third-order valence-electron chi connectivity index (χ3n) is 6.44. The Hall–Kier alpha value is -3.78. The molecule has 2 aromatic rings. The summed E-state index contributed by atoms with van der Waals surface area (Å²) in [5, 5.41) is 5.04. The van der Waals surface area contributed by atoms with Gasteiger partial charge < -0.3 is 24.8 Å². The van der Waals surface area contributed by atoms with Crippen molar-refractivity contribution in [2.45, 2.75) is 83.4 Å². The van der Waals surface area contributed by atoms with Crippen molar-refractivity contribution in [1.29, 1.82) is 0 Å². The summed E-state index contributed by atoms with van der Waals surface area (Å²) in [5.74, 6) is -6.52. The van der Waals surface area contributed by atoms with Gasteiger partial charge in [0.25, 0.3) is 5.91 Å². The second-order valence-corrected chi connectivity index (χ2v) is 11.1. The number of carbonyl (C=O) groups is 3. The number of nitrogens with one attached hydrogen (secondary N) is 2. The average Bonchev–Trinajstić information content (AvgIpc) is 3.56. The molecule has 2 aliphatic rings. The molecule has 41 heavy (non-hydrogen) atoms. The number of hydrogen-bond acceptors (Lipinski definition) is 5. The maximum atomic E-state index is 14.4. The minimum Gasteiger partial charge on any atom is -0.444 e. The summed E-state index contributed by atoms with van der Waals surface area (Å²) < 4.78 is 88.7. The molecule has 1 fully saturated rings. The maximum Gasteiger partial charge on any atom is 0.449 e. The number of alkyl carbamates (subject to hydrolysis) is 1. The molecule has 2 heterocycles. The fraction of sp³-hybridized carbons (Fsp3) is 0.538. The lowest BCUT2D eigenvalue weighted by molar-refractivity contribution is -0.148. The van der Waals surface area contributed by atoms with Gasteiger partial charge >= 0.3 is 12.3 Å². The molecule has 15 heteroatoms. The van der Waals surface area contributed by atoms with E-state index in [1.54, 1.807) is 20.8 Å². The van der Waals surface area contributed by atoms with Gasteiger partial charge in [-0.05, 0) is 51.7 Å². The fourth-order valence-corrected chi connectivity index (χ4v) is 4.43. The molecule has 1 aliphatic carbocycles. The van der Waals surface area contributed by atoms with Crippen molar-refractivity contribution in [2.75, 3.05) is 6.54 Å². The van der Waals surface area contributed by atoms with Crippen LogP contribution >= 0.6 is 0 Å². The Bertz CT molecular complexity index is 1350. The van der Waals surface area contributed by atoms with Gasteiger partial charge in [0.15, 0.2) is 17.3 Å². The van der Waals surface area contributed by atoms with Crippen molar-refractivity contribution in [1.82, 2.24) is 25.1 Å². The van der Waals surface area contributed by atoms with Crippen LogP contribution in [0.15, 0.2) is 12.1 Å². The highest BCUT2D eigenvalue weighted by atomic mass is 19.4. The zero-order valence-electron chi connectivity index (χ0n) is 22.5. The number of aromatic nitrogens is 2. The summed E-state index contributed by atoms with van der Waals surface area (Å²) in [7, 11) is 0. The highest BCUT2D eigenvalue weighted by Gasteiger charge is 2.42. The van der Waals surface area contributed by atoms with E-state index >= 15 is 0 Å². The van der Waals surface area contributed by atoms with E-state index in [2.05, 4.69) is 15.6 Å². The number of rotatable bonds is 7. The van der Waals surface area contributed by atoms with E-state index < -0.39 is 77.5 Å². The largest absolute Gasteiger partial charge is 0.449 e. The number of halogens is 6. The molecule has 1 aromatic heterocycles. The summed E-state index contributed by atoms with van der Waals surface area (Å²) in [5.41, 5.74) is -1.78. The summed E-state index contributed by atoms with van der Waals surface area (Å²) in [6.07, 6.45) is -5.31. The van der Waals surface area contributed by atoms with Crippen molar-refractivity contribution >= 4 is 17.9 Å². The second kappa shape index (κ2) is 11.2. The fourth-order valence-electron chi connectivity index (χ4n) is 4.43. The Labute approximate surface area is 231 Å². The lowest BCUT2D eigenvalue weighted by Gasteiger charge is -2.31. The number of imidazole rings is 1. The molecule has 0 saturated heterocycles. The third-order valence-corrected chi connectivity index (χ3v) is 6.44. The molecule has 2 N–H and O–H groups in total. The van der Waals surface area contributed by atoms with Crippen LogP contribution in [0.4, 0.5) is 31.1 Å². The first-order chi connectivity index (χ1) is 19.0. The predicted octanol–water partition coefficient (Wildman–Crippen LogP) is 4.08. The molecule has 1 aliphatic heterocycles.